The molecule has 0 saturated carbocycles. The summed E-state index contributed by atoms with van der Waals surface area (Å²) < 4.78 is 8.36. The number of aromatic hydroxyl groups is 1. The molecule has 0 fully saturated rings. The van der Waals surface area contributed by atoms with E-state index in [1.165, 1.54) is 10.6 Å². The summed E-state index contributed by atoms with van der Waals surface area (Å²) in [6.07, 6.45) is 1.54. The van der Waals surface area contributed by atoms with E-state index in [0.717, 1.165) is 11.1 Å². The van der Waals surface area contributed by atoms with Crippen molar-refractivity contribution < 1.29 is 9.84 Å². The third kappa shape index (κ3) is 4.49. The normalized spacial score (nSPS) is 11.4. The highest BCUT2D eigenvalue weighted by Gasteiger charge is 2.17. The summed E-state index contributed by atoms with van der Waals surface area (Å²) in [6.45, 7) is 4.60. The highest BCUT2D eigenvalue weighted by atomic mass is 16.5. The Hall–Kier alpha value is -4.34. The van der Waals surface area contributed by atoms with E-state index in [1.54, 1.807) is 30.0 Å². The van der Waals surface area contributed by atoms with E-state index in [-0.39, 0.29) is 16.9 Å². The third-order valence-corrected chi connectivity index (χ3v) is 5.13. The van der Waals surface area contributed by atoms with Crippen molar-refractivity contribution in [3.05, 3.63) is 80.0 Å². The van der Waals surface area contributed by atoms with Gasteiger partial charge in [0.1, 0.15) is 0 Å². The summed E-state index contributed by atoms with van der Waals surface area (Å²) in [4.78, 5) is 31.5. The van der Waals surface area contributed by atoms with E-state index >= 15 is 0 Å². The molecule has 0 saturated heterocycles. The number of ether oxygens (including phenoxy) is 1. The second kappa shape index (κ2) is 9.03. The minimum absolute atomic E-state index is 0.0435. The van der Waals surface area contributed by atoms with E-state index in [2.05, 4.69) is 20.5 Å². The molecule has 10 heteroatoms. The monoisotopic (exact) mass is 448 g/mol. The first-order chi connectivity index (χ1) is 15.9. The fraction of sp³-hybridized carbons (Fsp3) is 0.217. The standard InChI is InChI=1S/C23H24N6O4/c1-4-33-18-11-16(9-10-17(18)30)12-24-27-22-25-20-19(21(31)26-23(32)28(20)3)29(22)13-15-7-5-14(2)6-8-15/h5-12,30H,4,13H2,1-3H3,(H,25,27)(H,26,31,32)/b24-12-. The van der Waals surface area contributed by atoms with Gasteiger partial charge < -0.3 is 9.84 Å². The van der Waals surface area contributed by atoms with Crippen LogP contribution in [-0.4, -0.2) is 37.0 Å². The van der Waals surface area contributed by atoms with Crippen molar-refractivity contribution in [1.29, 1.82) is 0 Å². The van der Waals surface area contributed by atoms with Gasteiger partial charge in [0.25, 0.3) is 5.56 Å². The van der Waals surface area contributed by atoms with Gasteiger partial charge in [0.15, 0.2) is 22.7 Å². The van der Waals surface area contributed by atoms with Crippen LogP contribution in [0.3, 0.4) is 0 Å². The number of phenols is 1. The summed E-state index contributed by atoms with van der Waals surface area (Å²) >= 11 is 0. The Bertz CT molecular complexity index is 1450. The predicted molar refractivity (Wildman–Crippen MR) is 126 cm³/mol. The van der Waals surface area contributed by atoms with Gasteiger partial charge in [0.2, 0.25) is 5.95 Å². The molecular formula is C23H24N6O4. The lowest BCUT2D eigenvalue weighted by molar-refractivity contribution is 0.318. The molecule has 4 aromatic rings. The zero-order chi connectivity index (χ0) is 23.5. The fourth-order valence-corrected chi connectivity index (χ4v) is 3.40. The average molecular weight is 448 g/mol. The Kier molecular flexibility index (Phi) is 5.99. The van der Waals surface area contributed by atoms with E-state index in [4.69, 9.17) is 4.74 Å². The van der Waals surface area contributed by atoms with Gasteiger partial charge in [0, 0.05) is 7.05 Å². The molecule has 2 aromatic carbocycles. The summed E-state index contributed by atoms with van der Waals surface area (Å²) in [5, 5.41) is 14.1. The predicted octanol–water partition coefficient (Wildman–Crippen LogP) is 2.33. The van der Waals surface area contributed by atoms with Gasteiger partial charge in [0.05, 0.1) is 19.4 Å². The number of H-pyrrole nitrogens is 1. The molecule has 0 atom stereocenters. The van der Waals surface area contributed by atoms with Gasteiger partial charge in [-0.1, -0.05) is 29.8 Å². The molecule has 2 aromatic heterocycles. The Morgan fingerprint density at radius 3 is 2.70 bits per heavy atom. The smallest absolute Gasteiger partial charge is 0.329 e. The molecule has 0 amide bonds. The molecule has 0 aliphatic heterocycles. The van der Waals surface area contributed by atoms with Crippen LogP contribution in [0.5, 0.6) is 11.5 Å². The molecule has 0 aliphatic carbocycles. The van der Waals surface area contributed by atoms with Crippen molar-refractivity contribution in [3.63, 3.8) is 0 Å². The Morgan fingerprint density at radius 2 is 1.97 bits per heavy atom. The maximum absolute atomic E-state index is 12.6. The third-order valence-electron chi connectivity index (χ3n) is 5.13. The molecule has 170 valence electrons. The number of phenolic OH excluding ortho intramolecular Hbond substituents is 1. The van der Waals surface area contributed by atoms with Crippen LogP contribution < -0.4 is 21.4 Å². The summed E-state index contributed by atoms with van der Waals surface area (Å²) in [7, 11) is 1.54. The minimum Gasteiger partial charge on any atom is -0.504 e. The lowest BCUT2D eigenvalue weighted by Gasteiger charge is -2.09. The molecule has 3 N–H and O–H groups in total. The molecule has 0 bridgehead atoms. The van der Waals surface area contributed by atoms with Crippen molar-refractivity contribution in [1.82, 2.24) is 19.1 Å². The minimum atomic E-state index is -0.546. The van der Waals surface area contributed by atoms with Crippen LogP contribution in [0.25, 0.3) is 11.2 Å². The van der Waals surface area contributed by atoms with Gasteiger partial charge in [-0.05, 0) is 43.2 Å². The maximum atomic E-state index is 12.6. The number of benzene rings is 2. The van der Waals surface area contributed by atoms with Crippen LogP contribution in [0, 0.1) is 6.92 Å². The number of aromatic nitrogens is 4. The molecule has 4 rings (SSSR count). The molecule has 0 unspecified atom stereocenters. The number of aryl methyl sites for hydroxylation is 2. The number of fused-ring (bicyclic) bond motifs is 1. The van der Waals surface area contributed by atoms with Crippen molar-refractivity contribution in [2.24, 2.45) is 12.1 Å². The van der Waals surface area contributed by atoms with Crippen LogP contribution in [0.2, 0.25) is 0 Å². The quantitative estimate of drug-likeness (QED) is 0.294. The van der Waals surface area contributed by atoms with Crippen LogP contribution >= 0.6 is 0 Å². The van der Waals surface area contributed by atoms with Gasteiger partial charge in [-0.2, -0.15) is 10.1 Å². The Balaban J connectivity index is 1.72. The van der Waals surface area contributed by atoms with Crippen LogP contribution in [0.1, 0.15) is 23.6 Å². The van der Waals surface area contributed by atoms with Crippen molar-refractivity contribution in [3.8, 4) is 11.5 Å². The van der Waals surface area contributed by atoms with Crippen LogP contribution in [0.4, 0.5) is 5.95 Å². The van der Waals surface area contributed by atoms with Crippen LogP contribution in [0.15, 0.2) is 57.2 Å². The number of anilines is 1. The number of rotatable bonds is 7. The molecule has 33 heavy (non-hydrogen) atoms. The van der Waals surface area contributed by atoms with Crippen LogP contribution in [-0.2, 0) is 13.6 Å². The van der Waals surface area contributed by atoms with E-state index in [0.29, 0.717) is 30.4 Å². The molecular weight excluding hydrogens is 424 g/mol. The number of aromatic amines is 1. The number of hydrazone groups is 1. The zero-order valence-electron chi connectivity index (χ0n) is 18.5. The van der Waals surface area contributed by atoms with Crippen molar-refractivity contribution in [2.45, 2.75) is 20.4 Å². The topological polar surface area (TPSA) is 127 Å². The van der Waals surface area contributed by atoms with E-state index in [1.807, 2.05) is 38.1 Å². The molecule has 0 aliphatic rings. The van der Waals surface area contributed by atoms with Gasteiger partial charge >= 0.3 is 5.69 Å². The zero-order valence-corrected chi connectivity index (χ0v) is 18.5. The number of nitrogens with one attached hydrogen (secondary N) is 2. The molecule has 2 heterocycles. The SMILES string of the molecule is CCOc1cc(/C=N\Nc2nc3c(c(=O)[nH]c(=O)n3C)n2Cc2ccc(C)cc2)ccc1O. The highest BCUT2D eigenvalue weighted by molar-refractivity contribution is 5.81. The maximum Gasteiger partial charge on any atom is 0.329 e. The van der Waals surface area contributed by atoms with E-state index < -0.39 is 11.2 Å². The average Bonchev–Trinajstić information content (AvgIpc) is 3.15. The number of nitrogens with zero attached hydrogens (tertiary/aromatic N) is 4. The number of imidazole rings is 1. The summed E-state index contributed by atoms with van der Waals surface area (Å²) in [5.74, 6) is 0.703. The Morgan fingerprint density at radius 1 is 1.21 bits per heavy atom. The molecule has 0 spiro atoms. The van der Waals surface area contributed by atoms with Gasteiger partial charge in [-0.3, -0.25) is 18.9 Å². The second-order valence-corrected chi connectivity index (χ2v) is 7.53. The fourth-order valence-electron chi connectivity index (χ4n) is 3.40. The van der Waals surface area contributed by atoms with E-state index in [9.17, 15) is 14.7 Å². The lowest BCUT2D eigenvalue weighted by atomic mass is 10.1. The first-order valence-electron chi connectivity index (χ1n) is 10.4. The lowest BCUT2D eigenvalue weighted by Crippen LogP contribution is -2.29. The van der Waals surface area contributed by atoms with Gasteiger partial charge in [-0.25, -0.2) is 10.2 Å². The summed E-state index contributed by atoms with van der Waals surface area (Å²) in [5.41, 5.74) is 5.08. The number of hydrogen-bond donors (Lipinski definition) is 3. The molecule has 0 radical (unpaired) electrons. The number of hydrogen-bond acceptors (Lipinski definition) is 7. The first-order valence-corrected chi connectivity index (χ1v) is 10.4. The van der Waals surface area contributed by atoms with Crippen molar-refractivity contribution in [2.75, 3.05) is 12.0 Å². The Labute approximate surface area is 188 Å². The summed E-state index contributed by atoms with van der Waals surface area (Å²) in [6, 6.07) is 12.8. The van der Waals surface area contributed by atoms with Gasteiger partial charge in [-0.15, -0.1) is 0 Å². The van der Waals surface area contributed by atoms with Crippen molar-refractivity contribution >= 4 is 23.3 Å². The highest BCUT2D eigenvalue weighted by Crippen LogP contribution is 2.26. The second-order valence-electron chi connectivity index (χ2n) is 7.53. The first kappa shape index (κ1) is 21.9. The molecule has 10 nitrogen and oxygen atoms in total. The largest absolute Gasteiger partial charge is 0.504 e.